The van der Waals surface area contributed by atoms with Gasteiger partial charge in [-0.15, -0.1) is 0 Å². The summed E-state index contributed by atoms with van der Waals surface area (Å²) in [5.41, 5.74) is 6.28. The third-order valence-electron chi connectivity index (χ3n) is 2.51. The molecule has 1 atom stereocenters. The highest BCUT2D eigenvalue weighted by Crippen LogP contribution is 2.24. The van der Waals surface area contributed by atoms with Crippen molar-refractivity contribution in [3.8, 4) is 0 Å². The van der Waals surface area contributed by atoms with E-state index in [1.807, 2.05) is 6.08 Å². The highest BCUT2D eigenvalue weighted by atomic mass is 19.1. The van der Waals surface area contributed by atoms with E-state index in [1.54, 1.807) is 0 Å². The van der Waals surface area contributed by atoms with Crippen LogP contribution in [0.1, 0.15) is 24.4 Å². The first kappa shape index (κ1) is 11.1. The van der Waals surface area contributed by atoms with Gasteiger partial charge in [-0.05, 0) is 36.6 Å². The molecule has 1 heterocycles. The molecular weight excluding hydrogens is 212 g/mol. The molecule has 1 aliphatic heterocycles. The van der Waals surface area contributed by atoms with Gasteiger partial charge < -0.3 is 10.5 Å². The van der Waals surface area contributed by atoms with Crippen molar-refractivity contribution in [2.75, 3.05) is 6.61 Å². The number of ether oxygens (including phenoxy) is 1. The lowest BCUT2D eigenvalue weighted by atomic mass is 10.0. The number of allylic oxidation sites excluding steroid dienone is 1. The van der Waals surface area contributed by atoms with E-state index >= 15 is 0 Å². The quantitative estimate of drug-likeness (QED) is 0.839. The Kier molecular flexibility index (Phi) is 3.19. The highest BCUT2D eigenvalue weighted by Gasteiger charge is 2.17. The van der Waals surface area contributed by atoms with E-state index in [4.69, 9.17) is 10.5 Å². The number of hydrogen-bond donors (Lipinski definition) is 1. The van der Waals surface area contributed by atoms with E-state index in [0.29, 0.717) is 17.9 Å². The molecule has 86 valence electrons. The molecule has 4 heteroatoms. The second-order valence-electron chi connectivity index (χ2n) is 3.78. The van der Waals surface area contributed by atoms with E-state index in [0.717, 1.165) is 18.9 Å². The van der Waals surface area contributed by atoms with E-state index in [2.05, 4.69) is 0 Å². The van der Waals surface area contributed by atoms with Crippen molar-refractivity contribution in [1.82, 2.24) is 0 Å². The molecule has 0 aliphatic carbocycles. The molecule has 0 saturated heterocycles. The van der Waals surface area contributed by atoms with E-state index in [-0.39, 0.29) is 0 Å². The molecule has 1 aliphatic rings. The molecule has 0 fully saturated rings. The Morgan fingerprint density at radius 1 is 1.19 bits per heavy atom. The first-order chi connectivity index (χ1) is 7.66. The Bertz CT molecular complexity index is 397. The van der Waals surface area contributed by atoms with Gasteiger partial charge in [-0.25, -0.2) is 8.78 Å². The lowest BCUT2D eigenvalue weighted by Crippen LogP contribution is -2.18. The normalized spacial score (nSPS) is 17.6. The number of hydrogen-bond acceptors (Lipinski definition) is 2. The summed E-state index contributed by atoms with van der Waals surface area (Å²) < 4.78 is 31.4. The van der Waals surface area contributed by atoms with Crippen molar-refractivity contribution < 1.29 is 13.5 Å². The van der Waals surface area contributed by atoms with Gasteiger partial charge in [-0.3, -0.25) is 0 Å². The molecule has 0 saturated carbocycles. The van der Waals surface area contributed by atoms with Gasteiger partial charge in [0.05, 0.1) is 12.6 Å². The molecule has 0 radical (unpaired) electrons. The zero-order valence-electron chi connectivity index (χ0n) is 8.75. The third-order valence-corrected chi connectivity index (χ3v) is 2.51. The average Bonchev–Trinajstić information content (AvgIpc) is 2.28. The summed E-state index contributed by atoms with van der Waals surface area (Å²) >= 11 is 0. The second-order valence-corrected chi connectivity index (χ2v) is 3.78. The SMILES string of the molecule is NC(C1=CCCCO1)c1cc(F)cc(F)c1. The minimum Gasteiger partial charge on any atom is -0.496 e. The number of rotatable bonds is 2. The van der Waals surface area contributed by atoms with Crippen LogP contribution in [-0.4, -0.2) is 6.61 Å². The van der Waals surface area contributed by atoms with Crippen LogP contribution < -0.4 is 5.73 Å². The molecule has 0 bridgehead atoms. The minimum atomic E-state index is -0.623. The van der Waals surface area contributed by atoms with Crippen LogP contribution in [0.3, 0.4) is 0 Å². The molecular formula is C12H13F2NO. The summed E-state index contributed by atoms with van der Waals surface area (Å²) in [5, 5.41) is 0. The minimum absolute atomic E-state index is 0.394. The molecule has 2 nitrogen and oxygen atoms in total. The number of benzene rings is 1. The van der Waals surface area contributed by atoms with E-state index in [9.17, 15) is 8.78 Å². The zero-order valence-corrected chi connectivity index (χ0v) is 8.75. The van der Waals surface area contributed by atoms with Crippen LogP contribution >= 0.6 is 0 Å². The summed E-state index contributed by atoms with van der Waals surface area (Å²) in [6, 6.07) is 2.69. The summed E-state index contributed by atoms with van der Waals surface area (Å²) in [7, 11) is 0. The summed E-state index contributed by atoms with van der Waals surface area (Å²) in [4.78, 5) is 0. The van der Waals surface area contributed by atoms with Gasteiger partial charge in [-0.1, -0.05) is 0 Å². The van der Waals surface area contributed by atoms with Crippen LogP contribution in [0.5, 0.6) is 0 Å². The second kappa shape index (κ2) is 4.61. The Balaban J connectivity index is 2.25. The van der Waals surface area contributed by atoms with Gasteiger partial charge in [0.25, 0.3) is 0 Å². The number of halogens is 2. The Morgan fingerprint density at radius 2 is 1.88 bits per heavy atom. The molecule has 1 aromatic carbocycles. The topological polar surface area (TPSA) is 35.2 Å². The van der Waals surface area contributed by atoms with Crippen LogP contribution in [-0.2, 0) is 4.74 Å². The molecule has 16 heavy (non-hydrogen) atoms. The van der Waals surface area contributed by atoms with Gasteiger partial charge in [0.1, 0.15) is 17.4 Å². The lowest BCUT2D eigenvalue weighted by molar-refractivity contribution is 0.175. The predicted molar refractivity (Wildman–Crippen MR) is 56.6 cm³/mol. The van der Waals surface area contributed by atoms with Crippen molar-refractivity contribution in [2.45, 2.75) is 18.9 Å². The fourth-order valence-corrected chi connectivity index (χ4v) is 1.71. The van der Waals surface area contributed by atoms with Crippen LogP contribution in [0, 0.1) is 11.6 Å². The maximum absolute atomic E-state index is 13.0. The standard InChI is InChI=1S/C12H13F2NO/c13-9-5-8(6-10(14)7-9)12(15)11-3-1-2-4-16-11/h3,5-7,12H,1-2,4,15H2. The van der Waals surface area contributed by atoms with Gasteiger partial charge in [0.15, 0.2) is 0 Å². The van der Waals surface area contributed by atoms with Crippen molar-refractivity contribution in [1.29, 1.82) is 0 Å². The Hall–Kier alpha value is -1.42. The zero-order chi connectivity index (χ0) is 11.5. The predicted octanol–water partition coefficient (Wildman–Crippen LogP) is 2.66. The Morgan fingerprint density at radius 3 is 2.44 bits per heavy atom. The molecule has 2 N–H and O–H groups in total. The Labute approximate surface area is 92.7 Å². The molecule has 0 spiro atoms. The third kappa shape index (κ3) is 2.39. The van der Waals surface area contributed by atoms with Gasteiger partial charge >= 0.3 is 0 Å². The molecule has 2 rings (SSSR count). The van der Waals surface area contributed by atoms with Gasteiger partial charge in [-0.2, -0.15) is 0 Å². The van der Waals surface area contributed by atoms with Crippen molar-refractivity contribution in [3.05, 3.63) is 47.2 Å². The largest absolute Gasteiger partial charge is 0.496 e. The van der Waals surface area contributed by atoms with Crippen LogP contribution in [0.4, 0.5) is 8.78 Å². The van der Waals surface area contributed by atoms with Crippen LogP contribution in [0.2, 0.25) is 0 Å². The monoisotopic (exact) mass is 225 g/mol. The molecule has 1 unspecified atom stereocenters. The highest BCUT2D eigenvalue weighted by molar-refractivity contribution is 5.27. The fourth-order valence-electron chi connectivity index (χ4n) is 1.71. The lowest BCUT2D eigenvalue weighted by Gasteiger charge is -2.20. The average molecular weight is 225 g/mol. The van der Waals surface area contributed by atoms with Crippen LogP contribution in [0.15, 0.2) is 30.0 Å². The maximum atomic E-state index is 13.0. The first-order valence-corrected chi connectivity index (χ1v) is 5.21. The van der Waals surface area contributed by atoms with Crippen molar-refractivity contribution >= 4 is 0 Å². The van der Waals surface area contributed by atoms with Gasteiger partial charge in [0.2, 0.25) is 0 Å². The van der Waals surface area contributed by atoms with Crippen molar-refractivity contribution in [3.63, 3.8) is 0 Å². The van der Waals surface area contributed by atoms with E-state index in [1.165, 1.54) is 12.1 Å². The van der Waals surface area contributed by atoms with E-state index < -0.39 is 17.7 Å². The van der Waals surface area contributed by atoms with Crippen molar-refractivity contribution in [2.24, 2.45) is 5.73 Å². The summed E-state index contributed by atoms with van der Waals surface area (Å²) in [6.45, 7) is 0.608. The molecule has 1 aromatic rings. The summed E-state index contributed by atoms with van der Waals surface area (Å²) in [5.74, 6) is -0.653. The molecule has 0 amide bonds. The summed E-state index contributed by atoms with van der Waals surface area (Å²) in [6.07, 6.45) is 3.71. The fraction of sp³-hybridized carbons (Fsp3) is 0.333. The van der Waals surface area contributed by atoms with Gasteiger partial charge in [0, 0.05) is 6.07 Å². The first-order valence-electron chi connectivity index (χ1n) is 5.21. The smallest absolute Gasteiger partial charge is 0.126 e. The molecule has 0 aromatic heterocycles. The number of nitrogens with two attached hydrogens (primary N) is 1. The maximum Gasteiger partial charge on any atom is 0.126 e. The van der Waals surface area contributed by atoms with Crippen LogP contribution in [0.25, 0.3) is 0 Å².